The van der Waals surface area contributed by atoms with Gasteiger partial charge < -0.3 is 9.64 Å². The van der Waals surface area contributed by atoms with Gasteiger partial charge in [0.1, 0.15) is 5.60 Å². The Balaban J connectivity index is 2.42. The summed E-state index contributed by atoms with van der Waals surface area (Å²) < 4.78 is 5.34. The Kier molecular flexibility index (Phi) is 5.90. The third kappa shape index (κ3) is 5.22. The van der Waals surface area contributed by atoms with Gasteiger partial charge in [0.25, 0.3) is 5.91 Å². The van der Waals surface area contributed by atoms with Crippen LogP contribution in [0.5, 0.6) is 0 Å². The molecule has 0 aromatic heterocycles. The summed E-state index contributed by atoms with van der Waals surface area (Å²) in [6.07, 6.45) is -0.576. The van der Waals surface area contributed by atoms with Crippen LogP contribution in [0.1, 0.15) is 45.0 Å². The first-order valence-electron chi connectivity index (χ1n) is 8.85. The van der Waals surface area contributed by atoms with Gasteiger partial charge in [0, 0.05) is 13.6 Å². The molecule has 0 saturated carbocycles. The number of anilines is 1. The quantitative estimate of drug-likeness (QED) is 0.846. The van der Waals surface area contributed by atoms with Gasteiger partial charge in [-0.1, -0.05) is 38.1 Å². The lowest BCUT2D eigenvalue weighted by atomic mass is 10.0. The first-order valence-corrected chi connectivity index (χ1v) is 8.85. The minimum absolute atomic E-state index is 0.129. The molecular formula is C21H28N2O3. The van der Waals surface area contributed by atoms with Gasteiger partial charge >= 0.3 is 6.09 Å². The standard InChI is InChI=1S/C21H28N2O3/c1-14(2)13-23(6)19(24)17-11-15-9-7-8-10-16(15)12-18(17)22-20(25)26-21(3,4)5/h7-12,14H,13H2,1-6H3,(H,22,25). The second-order valence-corrected chi connectivity index (χ2v) is 7.95. The Bertz CT molecular complexity index is 806. The normalized spacial score (nSPS) is 11.5. The molecule has 0 aliphatic heterocycles. The third-order valence-corrected chi connectivity index (χ3v) is 3.74. The molecule has 2 aromatic carbocycles. The van der Waals surface area contributed by atoms with Crippen LogP contribution in [-0.2, 0) is 4.74 Å². The summed E-state index contributed by atoms with van der Waals surface area (Å²) in [5.41, 5.74) is 0.302. The van der Waals surface area contributed by atoms with Crippen LogP contribution in [-0.4, -0.2) is 36.1 Å². The lowest BCUT2D eigenvalue weighted by molar-refractivity contribution is 0.0636. The fourth-order valence-corrected chi connectivity index (χ4v) is 2.77. The van der Waals surface area contributed by atoms with Crippen LogP contribution in [0.15, 0.2) is 36.4 Å². The van der Waals surface area contributed by atoms with Crippen molar-refractivity contribution >= 4 is 28.5 Å². The molecule has 0 bridgehead atoms. The molecule has 0 atom stereocenters. The van der Waals surface area contributed by atoms with E-state index in [1.165, 1.54) is 0 Å². The SMILES string of the molecule is CC(C)CN(C)C(=O)c1cc2ccccc2cc1NC(=O)OC(C)(C)C. The number of amides is 2. The van der Waals surface area contributed by atoms with Gasteiger partial charge in [0.05, 0.1) is 11.3 Å². The molecule has 2 aromatic rings. The number of rotatable bonds is 4. The van der Waals surface area contributed by atoms with Gasteiger partial charge in [-0.25, -0.2) is 4.79 Å². The highest BCUT2D eigenvalue weighted by atomic mass is 16.6. The monoisotopic (exact) mass is 356 g/mol. The smallest absolute Gasteiger partial charge is 0.412 e. The van der Waals surface area contributed by atoms with E-state index in [4.69, 9.17) is 4.74 Å². The Morgan fingerprint density at radius 2 is 1.69 bits per heavy atom. The Labute approximate surface area is 155 Å². The summed E-state index contributed by atoms with van der Waals surface area (Å²) in [6.45, 7) is 10.2. The molecule has 140 valence electrons. The van der Waals surface area contributed by atoms with Crippen molar-refractivity contribution in [1.82, 2.24) is 4.90 Å². The van der Waals surface area contributed by atoms with Crippen molar-refractivity contribution < 1.29 is 14.3 Å². The highest BCUT2D eigenvalue weighted by Gasteiger charge is 2.21. The summed E-state index contributed by atoms with van der Waals surface area (Å²) in [6, 6.07) is 11.4. The largest absolute Gasteiger partial charge is 0.444 e. The molecule has 26 heavy (non-hydrogen) atoms. The summed E-state index contributed by atoms with van der Waals surface area (Å²) in [5, 5.41) is 4.63. The Hall–Kier alpha value is -2.56. The van der Waals surface area contributed by atoms with E-state index in [0.717, 1.165) is 10.8 Å². The van der Waals surface area contributed by atoms with Gasteiger partial charge in [0.2, 0.25) is 0 Å². The number of fused-ring (bicyclic) bond motifs is 1. The number of benzene rings is 2. The van der Waals surface area contributed by atoms with Crippen molar-refractivity contribution in [1.29, 1.82) is 0 Å². The Morgan fingerprint density at radius 3 is 2.23 bits per heavy atom. The topological polar surface area (TPSA) is 58.6 Å². The van der Waals surface area contributed by atoms with E-state index >= 15 is 0 Å². The molecule has 0 saturated heterocycles. The molecule has 0 unspecified atom stereocenters. The fraction of sp³-hybridized carbons (Fsp3) is 0.429. The van der Waals surface area contributed by atoms with Gasteiger partial charge in [-0.3, -0.25) is 10.1 Å². The molecule has 0 spiro atoms. The lowest BCUT2D eigenvalue weighted by Gasteiger charge is -2.23. The van der Waals surface area contributed by atoms with Crippen molar-refractivity contribution in [3.8, 4) is 0 Å². The van der Waals surface area contributed by atoms with E-state index in [2.05, 4.69) is 19.2 Å². The number of nitrogens with zero attached hydrogens (tertiary/aromatic N) is 1. The number of ether oxygens (including phenoxy) is 1. The van der Waals surface area contributed by atoms with Crippen LogP contribution < -0.4 is 5.32 Å². The van der Waals surface area contributed by atoms with Gasteiger partial charge in [-0.05, 0) is 49.6 Å². The predicted molar refractivity (Wildman–Crippen MR) is 106 cm³/mol. The van der Waals surface area contributed by atoms with E-state index in [9.17, 15) is 9.59 Å². The van der Waals surface area contributed by atoms with E-state index in [1.54, 1.807) is 32.7 Å². The van der Waals surface area contributed by atoms with Gasteiger partial charge in [0.15, 0.2) is 0 Å². The average molecular weight is 356 g/mol. The molecule has 0 aliphatic rings. The Morgan fingerprint density at radius 1 is 1.12 bits per heavy atom. The first kappa shape index (κ1) is 19.8. The minimum atomic E-state index is -0.612. The molecule has 5 heteroatoms. The van der Waals surface area contributed by atoms with Crippen LogP contribution >= 0.6 is 0 Å². The highest BCUT2D eigenvalue weighted by molar-refractivity contribution is 6.06. The molecule has 5 nitrogen and oxygen atoms in total. The number of hydrogen-bond acceptors (Lipinski definition) is 3. The van der Waals surface area contributed by atoms with Crippen LogP contribution in [0.3, 0.4) is 0 Å². The van der Waals surface area contributed by atoms with Crippen molar-refractivity contribution in [3.05, 3.63) is 42.0 Å². The zero-order valence-corrected chi connectivity index (χ0v) is 16.4. The van der Waals surface area contributed by atoms with E-state index in [1.807, 2.05) is 36.4 Å². The van der Waals surface area contributed by atoms with Crippen LogP contribution in [0, 0.1) is 5.92 Å². The molecule has 2 amide bonds. The van der Waals surface area contributed by atoms with Gasteiger partial charge in [-0.15, -0.1) is 0 Å². The van der Waals surface area contributed by atoms with Crippen LogP contribution in [0.4, 0.5) is 10.5 Å². The van der Waals surface area contributed by atoms with Gasteiger partial charge in [-0.2, -0.15) is 0 Å². The maximum absolute atomic E-state index is 12.9. The van der Waals surface area contributed by atoms with E-state index < -0.39 is 11.7 Å². The van der Waals surface area contributed by atoms with Crippen molar-refractivity contribution in [3.63, 3.8) is 0 Å². The van der Waals surface area contributed by atoms with Crippen LogP contribution in [0.25, 0.3) is 10.8 Å². The molecular weight excluding hydrogens is 328 g/mol. The number of carbonyl (C=O) groups is 2. The van der Waals surface area contributed by atoms with Crippen LogP contribution in [0.2, 0.25) is 0 Å². The van der Waals surface area contributed by atoms with Crippen molar-refractivity contribution in [2.24, 2.45) is 5.92 Å². The summed E-state index contributed by atoms with van der Waals surface area (Å²) in [5.74, 6) is 0.224. The molecule has 0 aliphatic carbocycles. The second-order valence-electron chi connectivity index (χ2n) is 7.95. The average Bonchev–Trinajstić information content (AvgIpc) is 2.51. The van der Waals surface area contributed by atoms with E-state index in [-0.39, 0.29) is 5.91 Å². The molecule has 2 rings (SSSR count). The number of hydrogen-bond donors (Lipinski definition) is 1. The number of carbonyl (C=O) groups excluding carboxylic acids is 2. The molecule has 0 fully saturated rings. The zero-order chi connectivity index (χ0) is 19.5. The maximum Gasteiger partial charge on any atom is 0.412 e. The minimum Gasteiger partial charge on any atom is -0.444 e. The zero-order valence-electron chi connectivity index (χ0n) is 16.4. The summed E-state index contributed by atoms with van der Waals surface area (Å²) in [7, 11) is 1.77. The summed E-state index contributed by atoms with van der Waals surface area (Å²) in [4.78, 5) is 26.8. The highest BCUT2D eigenvalue weighted by Crippen LogP contribution is 2.26. The van der Waals surface area contributed by atoms with E-state index in [0.29, 0.717) is 23.7 Å². The third-order valence-electron chi connectivity index (χ3n) is 3.74. The first-order chi connectivity index (χ1) is 12.1. The number of nitrogens with one attached hydrogen (secondary N) is 1. The van der Waals surface area contributed by atoms with Crippen molar-refractivity contribution in [2.45, 2.75) is 40.2 Å². The fourth-order valence-electron chi connectivity index (χ4n) is 2.77. The molecule has 1 N–H and O–H groups in total. The second kappa shape index (κ2) is 7.77. The molecule has 0 radical (unpaired) electrons. The summed E-state index contributed by atoms with van der Waals surface area (Å²) >= 11 is 0. The lowest BCUT2D eigenvalue weighted by Crippen LogP contribution is -2.32. The molecule has 0 heterocycles. The van der Waals surface area contributed by atoms with Crippen molar-refractivity contribution in [2.75, 3.05) is 18.9 Å². The predicted octanol–water partition coefficient (Wildman–Crippen LogP) is 4.91. The maximum atomic E-state index is 12.9.